The van der Waals surface area contributed by atoms with Gasteiger partial charge in [0, 0.05) is 79.6 Å². The summed E-state index contributed by atoms with van der Waals surface area (Å²) < 4.78 is 12.5. The van der Waals surface area contributed by atoms with E-state index in [1.807, 2.05) is 38.6 Å². The molecule has 4 aliphatic heterocycles. The van der Waals surface area contributed by atoms with Gasteiger partial charge in [-0.2, -0.15) is 0 Å². The van der Waals surface area contributed by atoms with E-state index < -0.39 is 17.6 Å². The first-order valence-corrected chi connectivity index (χ1v) is 26.4. The molecule has 4 bridgehead atoms. The second-order valence-corrected chi connectivity index (χ2v) is 22.6. The number of carbonyl (C=O) groups is 2. The molecule has 1 aromatic rings. The van der Waals surface area contributed by atoms with E-state index in [4.69, 9.17) is 25.9 Å². The van der Waals surface area contributed by atoms with Crippen LogP contribution in [0.4, 0.5) is 0 Å². The number of aromatic hydroxyl groups is 1. The largest absolute Gasteiger partial charge is 0.504 e. The highest BCUT2D eigenvalue weighted by Crippen LogP contribution is 2.63. The zero-order chi connectivity index (χ0) is 44.0. The number of nitrogens with two attached hydrogens (primary N) is 2. The first-order chi connectivity index (χ1) is 30.4. The molecule has 1 aromatic carbocycles. The molecule has 346 valence electrons. The summed E-state index contributed by atoms with van der Waals surface area (Å²) in [7, 11) is 3.95. The molecule has 63 heavy (non-hydrogen) atoms. The number of ether oxygens (including phenoxy) is 2. The third kappa shape index (κ3) is 10.8. The van der Waals surface area contributed by atoms with E-state index in [1.54, 1.807) is 0 Å². The van der Waals surface area contributed by atoms with Gasteiger partial charge < -0.3 is 46.7 Å². The van der Waals surface area contributed by atoms with Crippen LogP contribution >= 0.6 is 21.6 Å². The van der Waals surface area contributed by atoms with Crippen molar-refractivity contribution in [3.63, 3.8) is 0 Å². The minimum atomic E-state index is -0.579. The number of fused-ring (bicyclic) bond motifs is 8. The average molecular weight is 905 g/mol. The molecule has 0 radical (unpaired) electrons. The van der Waals surface area contributed by atoms with Crippen LogP contribution < -0.4 is 26.8 Å². The molecular weight excluding hydrogens is 833 g/mol. The number of amides is 1. The number of aliphatic hydroxyl groups is 1. The van der Waals surface area contributed by atoms with Gasteiger partial charge in [-0.25, -0.2) is 0 Å². The Balaban J connectivity index is 1.10. The van der Waals surface area contributed by atoms with Crippen molar-refractivity contribution in [2.45, 2.75) is 171 Å². The number of aliphatic hydroxyl groups excluding tert-OH is 1. The predicted octanol–water partition coefficient (Wildman–Crippen LogP) is 8.10. The minimum Gasteiger partial charge on any atom is -0.504 e. The van der Waals surface area contributed by atoms with Gasteiger partial charge in [0.25, 0.3) is 0 Å². The van der Waals surface area contributed by atoms with Crippen molar-refractivity contribution < 1.29 is 29.3 Å². The normalized spacial score (nSPS) is 32.1. The van der Waals surface area contributed by atoms with Crippen LogP contribution in [0.1, 0.15) is 152 Å². The van der Waals surface area contributed by atoms with E-state index >= 15 is 0 Å². The summed E-state index contributed by atoms with van der Waals surface area (Å²) in [5, 5.41) is 30.3. The Morgan fingerprint density at radius 3 is 2.67 bits per heavy atom. The highest BCUT2D eigenvalue weighted by Gasteiger charge is 2.57. The zero-order valence-electron chi connectivity index (χ0n) is 37.5. The van der Waals surface area contributed by atoms with Gasteiger partial charge in [0.05, 0.1) is 11.9 Å². The maximum Gasteiger partial charge on any atom is 0.302 e. The standard InChI is InChI=1S/C49H72N6O6S2/c1-33(56)60-39-15-13-36-27-37(44(59)45-40(36)16-14-35-10-8-12-41(35)61-45)31-55-32-47(30-43(55)58,29-34-17-23-52-42(50)26-34)22-24-53-46(51)54-49(21-9-20-48(49)18-5-6-19-48)63-62-25-7-3-2-4-11-38(57)28-39/h14,16-17,26-27,35,38-39,41,52,57,59H,2-13,15,18-25,28-32,50H2,1H3,(H3,51,53,54)/t35-,38+,39-,41-,47-,49+/m1/s1. The Hall–Kier alpha value is -3.49. The second-order valence-electron chi connectivity index (χ2n) is 19.8. The number of esters is 1. The highest BCUT2D eigenvalue weighted by molar-refractivity contribution is 8.77. The summed E-state index contributed by atoms with van der Waals surface area (Å²) in [4.78, 5) is 33.4. The van der Waals surface area contributed by atoms with Crippen molar-refractivity contribution >= 4 is 45.5 Å². The summed E-state index contributed by atoms with van der Waals surface area (Å²) in [5.41, 5.74) is 16.5. The summed E-state index contributed by atoms with van der Waals surface area (Å²) in [6.07, 6.45) is 26.8. The molecule has 0 aromatic heterocycles. The minimum absolute atomic E-state index is 0.0265. The Morgan fingerprint density at radius 1 is 1.02 bits per heavy atom. The molecule has 14 heteroatoms. The van der Waals surface area contributed by atoms with Crippen LogP contribution in [-0.4, -0.2) is 81.5 Å². The molecule has 6 atom stereocenters. The number of phenolic OH excluding ortho intramolecular Hbond substituents is 1. The molecule has 4 fully saturated rings. The summed E-state index contributed by atoms with van der Waals surface area (Å²) >= 11 is 0. The number of benzene rings is 1. The van der Waals surface area contributed by atoms with Crippen LogP contribution in [0.2, 0.25) is 0 Å². The lowest BCUT2D eigenvalue weighted by atomic mass is 9.77. The lowest BCUT2D eigenvalue weighted by molar-refractivity contribution is -0.148. The van der Waals surface area contributed by atoms with E-state index in [9.17, 15) is 19.8 Å². The second kappa shape index (κ2) is 20.4. The molecule has 1 amide bonds. The van der Waals surface area contributed by atoms with Gasteiger partial charge in [-0.05, 0) is 113 Å². The summed E-state index contributed by atoms with van der Waals surface area (Å²) in [5.74, 6) is 2.66. The van der Waals surface area contributed by atoms with Crippen molar-refractivity contribution in [1.29, 1.82) is 0 Å². The molecule has 4 heterocycles. The molecule has 7 aliphatic rings. The first kappa shape index (κ1) is 46.1. The SMILES string of the molecule is CC(=O)O[C@@H]1CCc2cc(c(O)c3c2C=C[C@H]2CCC[C@H]2O3)CN2C[C@@](CC3=CCNC(N)=C3)(CCN=C(N)N[C@@]3(CCCC34CCCC4)SSCCCCCC[C@H](O)C1)CC2=O. The van der Waals surface area contributed by atoms with Crippen molar-refractivity contribution in [1.82, 2.24) is 15.5 Å². The fourth-order valence-electron chi connectivity index (χ4n) is 12.1. The first-order valence-electron chi connectivity index (χ1n) is 24.1. The average Bonchev–Trinajstić information content (AvgIpc) is 4.02. The third-order valence-electron chi connectivity index (χ3n) is 15.3. The number of hydrogen-bond acceptors (Lipinski definition) is 13. The quantitative estimate of drug-likeness (QED) is 0.127. The smallest absolute Gasteiger partial charge is 0.302 e. The number of dihydropyridines is 1. The van der Waals surface area contributed by atoms with Crippen molar-refractivity contribution in [3.8, 4) is 11.5 Å². The number of rotatable bonds is 3. The molecule has 3 saturated carbocycles. The molecule has 8 rings (SSSR count). The number of nitrogens with zero attached hydrogens (tertiary/aromatic N) is 2. The van der Waals surface area contributed by atoms with E-state index in [2.05, 4.69) is 28.9 Å². The van der Waals surface area contributed by atoms with Crippen LogP contribution in [0.15, 0.2) is 40.7 Å². The van der Waals surface area contributed by atoms with Gasteiger partial charge in [-0.3, -0.25) is 14.6 Å². The number of allylic oxidation sites excluding steroid dienone is 2. The maximum atomic E-state index is 14.3. The monoisotopic (exact) mass is 904 g/mol. The Bertz CT molecular complexity index is 1940. The van der Waals surface area contributed by atoms with Crippen LogP contribution in [0.5, 0.6) is 11.5 Å². The third-order valence-corrected chi connectivity index (χ3v) is 18.6. The number of aryl methyl sites for hydroxylation is 1. The lowest BCUT2D eigenvalue weighted by Crippen LogP contribution is -2.55. The molecular formula is C49H72N6O6S2. The predicted molar refractivity (Wildman–Crippen MR) is 254 cm³/mol. The molecule has 12 nitrogen and oxygen atoms in total. The molecule has 8 N–H and O–H groups in total. The number of aliphatic imine (C=N–C) groups is 1. The topological polar surface area (TPSA) is 185 Å². The zero-order valence-corrected chi connectivity index (χ0v) is 39.1. The van der Waals surface area contributed by atoms with Gasteiger partial charge >= 0.3 is 5.97 Å². The summed E-state index contributed by atoms with van der Waals surface area (Å²) in [6, 6.07) is 2.02. The number of nitrogens with one attached hydrogen (secondary N) is 2. The number of phenols is 1. The van der Waals surface area contributed by atoms with Crippen LogP contribution in [-0.2, 0) is 27.3 Å². The van der Waals surface area contributed by atoms with E-state index in [1.165, 1.54) is 45.4 Å². The lowest BCUT2D eigenvalue weighted by Gasteiger charge is -2.44. The van der Waals surface area contributed by atoms with Gasteiger partial charge in [-0.15, -0.1) is 0 Å². The van der Waals surface area contributed by atoms with Crippen LogP contribution in [0, 0.1) is 16.7 Å². The van der Waals surface area contributed by atoms with Crippen molar-refractivity contribution in [3.05, 3.63) is 52.4 Å². The Labute approximate surface area is 382 Å². The Kier molecular flexibility index (Phi) is 14.9. The molecule has 2 spiro atoms. The molecule has 3 aliphatic carbocycles. The van der Waals surface area contributed by atoms with Gasteiger partial charge in [0.15, 0.2) is 17.5 Å². The number of hydrogen-bond donors (Lipinski definition) is 6. The number of carbonyl (C=O) groups excluding carboxylic acids is 2. The summed E-state index contributed by atoms with van der Waals surface area (Å²) in [6.45, 7) is 3.28. The highest BCUT2D eigenvalue weighted by atomic mass is 33.1. The molecule has 0 unspecified atom stereocenters. The fourth-order valence-corrected chi connectivity index (χ4v) is 15.6. The number of guanidine groups is 1. The van der Waals surface area contributed by atoms with Crippen molar-refractivity contribution in [2.75, 3.05) is 25.4 Å². The van der Waals surface area contributed by atoms with Crippen molar-refractivity contribution in [2.24, 2.45) is 33.2 Å². The van der Waals surface area contributed by atoms with Gasteiger partial charge in [0.2, 0.25) is 5.91 Å². The van der Waals surface area contributed by atoms with Gasteiger partial charge in [-0.1, -0.05) is 71.9 Å². The van der Waals surface area contributed by atoms with E-state index in [0.29, 0.717) is 87.7 Å². The molecule has 1 saturated heterocycles. The Morgan fingerprint density at radius 2 is 1.84 bits per heavy atom. The van der Waals surface area contributed by atoms with Crippen LogP contribution in [0.25, 0.3) is 6.08 Å². The van der Waals surface area contributed by atoms with Gasteiger partial charge in [0.1, 0.15) is 17.1 Å². The van der Waals surface area contributed by atoms with E-state index in [-0.39, 0.29) is 46.5 Å². The maximum absolute atomic E-state index is 14.3. The fraction of sp³-hybridized carbons (Fsp3) is 0.694. The van der Waals surface area contributed by atoms with Crippen LogP contribution in [0.3, 0.4) is 0 Å². The van der Waals surface area contributed by atoms with E-state index in [0.717, 1.165) is 73.8 Å².